The van der Waals surface area contributed by atoms with Crippen molar-refractivity contribution in [3.63, 3.8) is 0 Å². The average Bonchev–Trinajstić information content (AvgIpc) is 3.06. The van der Waals surface area contributed by atoms with Gasteiger partial charge in [0.15, 0.2) is 0 Å². The summed E-state index contributed by atoms with van der Waals surface area (Å²) in [6, 6.07) is 3.90. The van der Waals surface area contributed by atoms with E-state index in [9.17, 15) is 9.90 Å². The molecule has 1 aliphatic carbocycles. The van der Waals surface area contributed by atoms with Gasteiger partial charge in [-0.05, 0) is 107 Å². The molecule has 1 amide bonds. The first-order chi connectivity index (χ1) is 18.0. The molecule has 38 heavy (non-hydrogen) atoms. The Hall–Kier alpha value is -1.77. The van der Waals surface area contributed by atoms with E-state index in [-0.39, 0.29) is 11.7 Å². The first-order valence-corrected chi connectivity index (χ1v) is 16.2. The van der Waals surface area contributed by atoms with Crippen molar-refractivity contribution in [1.29, 1.82) is 0 Å². The lowest BCUT2D eigenvalue weighted by atomic mass is 9.88. The summed E-state index contributed by atoms with van der Waals surface area (Å²) < 4.78 is 1.67. The zero-order valence-electron chi connectivity index (χ0n) is 23.9. The third kappa shape index (κ3) is 9.16. The normalized spacial score (nSPS) is 13.8. The summed E-state index contributed by atoms with van der Waals surface area (Å²) in [4.78, 5) is 18.4. The van der Waals surface area contributed by atoms with Gasteiger partial charge in [0, 0.05) is 41.8 Å². The Balaban J connectivity index is 0.000000628. The number of anilines is 1. The summed E-state index contributed by atoms with van der Waals surface area (Å²) in [5.41, 5.74) is 14.4. The van der Waals surface area contributed by atoms with Crippen molar-refractivity contribution in [1.82, 2.24) is 9.88 Å². The van der Waals surface area contributed by atoms with Gasteiger partial charge in [0.2, 0.25) is 5.91 Å². The number of fused-ring (bicyclic) bond motifs is 2. The van der Waals surface area contributed by atoms with Crippen LogP contribution in [0.3, 0.4) is 0 Å². The number of nitrogens with zero attached hydrogens (tertiary/aromatic N) is 2. The van der Waals surface area contributed by atoms with Gasteiger partial charge >= 0.3 is 0 Å². The highest BCUT2D eigenvalue weighted by Gasteiger charge is 2.29. The van der Waals surface area contributed by atoms with Crippen molar-refractivity contribution in [3.8, 4) is 5.75 Å². The Morgan fingerprint density at radius 1 is 1.11 bits per heavy atom. The van der Waals surface area contributed by atoms with Gasteiger partial charge in [0.1, 0.15) is 5.75 Å². The summed E-state index contributed by atoms with van der Waals surface area (Å²) >= 11 is 8.93. The van der Waals surface area contributed by atoms with Crippen LogP contribution < -0.4 is 5.73 Å². The molecule has 0 saturated carbocycles. The minimum absolute atomic E-state index is 0.0986. The van der Waals surface area contributed by atoms with E-state index in [1.165, 1.54) is 16.7 Å². The van der Waals surface area contributed by atoms with Crippen LogP contribution in [0.5, 0.6) is 5.75 Å². The number of halogens is 2. The molecule has 0 atom stereocenters. The number of phenolic OH excluding ortho intramolecular Hbond substituents is 1. The van der Waals surface area contributed by atoms with Gasteiger partial charge in [-0.1, -0.05) is 31.9 Å². The van der Waals surface area contributed by atoms with Gasteiger partial charge < -0.3 is 15.7 Å². The summed E-state index contributed by atoms with van der Waals surface area (Å²) in [6.07, 6.45) is 10.3. The summed E-state index contributed by atoms with van der Waals surface area (Å²) in [6.45, 7) is 14.8. The van der Waals surface area contributed by atoms with Crippen LogP contribution in [-0.2, 0) is 17.6 Å². The lowest BCUT2D eigenvalue weighted by Crippen LogP contribution is -2.34. The molecular weight excluding hydrogens is 626 g/mol. The lowest BCUT2D eigenvalue weighted by Gasteiger charge is -2.30. The second-order valence-corrected chi connectivity index (χ2v) is 11.5. The van der Waals surface area contributed by atoms with Crippen molar-refractivity contribution >= 4 is 60.8 Å². The van der Waals surface area contributed by atoms with Crippen molar-refractivity contribution in [2.45, 2.75) is 66.7 Å². The fraction of sp³-hybridized carbons (Fsp3) is 0.467. The van der Waals surface area contributed by atoms with Crippen LogP contribution in [0, 0.1) is 0 Å². The molecule has 0 unspecified atom stereocenters. The number of aryl methyl sites for hydroxylation is 2. The van der Waals surface area contributed by atoms with E-state index in [1.807, 2.05) is 44.4 Å². The van der Waals surface area contributed by atoms with Crippen molar-refractivity contribution in [3.05, 3.63) is 67.4 Å². The minimum atomic E-state index is 0.0986. The zero-order chi connectivity index (χ0) is 29.0. The third-order valence-electron chi connectivity index (χ3n) is 6.22. The topological polar surface area (TPSA) is 79.5 Å². The van der Waals surface area contributed by atoms with Crippen LogP contribution in [0.25, 0.3) is 5.57 Å². The summed E-state index contributed by atoms with van der Waals surface area (Å²) in [7, 11) is 0. The second-order valence-electron chi connectivity index (χ2n) is 9.02. The number of hydrogen-bond acceptors (Lipinski definition) is 5. The van der Waals surface area contributed by atoms with E-state index in [1.54, 1.807) is 24.8 Å². The van der Waals surface area contributed by atoms with E-state index < -0.39 is 0 Å². The lowest BCUT2D eigenvalue weighted by molar-refractivity contribution is -0.129. The molecule has 3 N–H and O–H groups in total. The van der Waals surface area contributed by atoms with E-state index in [0.717, 1.165) is 63.4 Å². The monoisotopic (exact) mass is 667 g/mol. The molecular formula is C30H43Br2N3O2S. The average molecular weight is 670 g/mol. The number of hydrogen-bond donors (Lipinski definition) is 2. The van der Waals surface area contributed by atoms with Gasteiger partial charge in [0.25, 0.3) is 0 Å². The second kappa shape index (κ2) is 17.0. The number of nitrogen functional groups attached to an aromatic ring is 1. The molecule has 2 aromatic rings. The molecule has 210 valence electrons. The van der Waals surface area contributed by atoms with E-state index in [4.69, 9.17) is 10.7 Å². The maximum atomic E-state index is 11.7. The molecule has 1 fully saturated rings. The Morgan fingerprint density at radius 3 is 2.13 bits per heavy atom. The maximum absolute atomic E-state index is 11.7. The minimum Gasteiger partial charge on any atom is -0.506 e. The van der Waals surface area contributed by atoms with Crippen LogP contribution in [0.15, 0.2) is 45.0 Å². The highest BCUT2D eigenvalue weighted by molar-refractivity contribution is 9.11. The number of piperidine rings is 1. The molecule has 8 heteroatoms. The van der Waals surface area contributed by atoms with Crippen LogP contribution in [0.1, 0.15) is 76.3 Å². The molecule has 0 bridgehead atoms. The number of pyridine rings is 1. The number of carbonyl (C=O) groups is 1. The first kappa shape index (κ1) is 34.3. The fourth-order valence-electron chi connectivity index (χ4n) is 4.14. The number of allylic oxidation sites excluding steroid dienone is 1. The highest BCUT2D eigenvalue weighted by Crippen LogP contribution is 2.45. The number of benzene rings is 1. The quantitative estimate of drug-likeness (QED) is 0.181. The number of aromatic nitrogens is 1. The van der Waals surface area contributed by atoms with E-state index in [2.05, 4.69) is 51.4 Å². The summed E-state index contributed by atoms with van der Waals surface area (Å²) in [5.74, 6) is 0.213. The first-order valence-electron chi connectivity index (χ1n) is 13.0. The van der Waals surface area contributed by atoms with E-state index >= 15 is 0 Å². The van der Waals surface area contributed by atoms with Gasteiger partial charge in [0.05, 0.1) is 15.9 Å². The number of nitrogens with two attached hydrogens (primary N) is 1. The molecule has 2 heterocycles. The fourth-order valence-corrected chi connectivity index (χ4v) is 5.18. The third-order valence-corrected chi connectivity index (χ3v) is 7.47. The van der Waals surface area contributed by atoms with Crippen molar-refractivity contribution < 1.29 is 9.90 Å². The molecule has 0 spiro atoms. The number of aromatic hydroxyl groups is 1. The highest BCUT2D eigenvalue weighted by atomic mass is 79.9. The number of amides is 1. The molecule has 2 aliphatic rings. The number of thioether (sulfide) groups is 1. The van der Waals surface area contributed by atoms with Crippen LogP contribution in [-0.4, -0.2) is 46.5 Å². The van der Waals surface area contributed by atoms with Gasteiger partial charge in [-0.2, -0.15) is 11.8 Å². The number of carbonyl (C=O) groups excluding carboxylic acids is 1. The van der Waals surface area contributed by atoms with Gasteiger partial charge in [-0.25, -0.2) is 0 Å². The standard InChI is InChI=1S/C21H21Br2N3O2.C5H10.C2H6S.C2H6/c1-11(27)26-6-4-12(5-7-26)18-17-13(9-16(28)20(24)19(17)23)2-3-14-8-15(22)10-25-21(14)18;1-4-5(2)3;1-3-2;1-2/h8-10,28H,2-7,24H2,1H3;2,4H2,1,3H3;1-2H3;1-2H3. The number of likely N-dealkylation sites (tertiary alicyclic amines) is 1. The smallest absolute Gasteiger partial charge is 0.219 e. The maximum Gasteiger partial charge on any atom is 0.219 e. The van der Waals surface area contributed by atoms with Crippen LogP contribution >= 0.6 is 43.6 Å². The predicted molar refractivity (Wildman–Crippen MR) is 173 cm³/mol. The summed E-state index contributed by atoms with van der Waals surface area (Å²) in [5, 5.41) is 10.3. The van der Waals surface area contributed by atoms with Gasteiger partial charge in [-0.3, -0.25) is 9.78 Å². The van der Waals surface area contributed by atoms with Crippen LogP contribution in [0.2, 0.25) is 0 Å². The zero-order valence-corrected chi connectivity index (χ0v) is 27.9. The molecule has 1 saturated heterocycles. The molecule has 0 radical (unpaired) electrons. The van der Waals surface area contributed by atoms with Crippen molar-refractivity contribution in [2.24, 2.45) is 0 Å². The van der Waals surface area contributed by atoms with Gasteiger partial charge in [-0.15, -0.1) is 6.58 Å². The Morgan fingerprint density at radius 2 is 1.63 bits per heavy atom. The molecule has 1 aliphatic heterocycles. The molecule has 4 rings (SSSR count). The largest absolute Gasteiger partial charge is 0.506 e. The Bertz CT molecular complexity index is 1140. The number of phenols is 1. The van der Waals surface area contributed by atoms with Crippen molar-refractivity contribution in [2.75, 3.05) is 31.3 Å². The predicted octanol–water partition coefficient (Wildman–Crippen LogP) is 8.42. The van der Waals surface area contributed by atoms with E-state index in [0.29, 0.717) is 18.8 Å². The SMILES string of the molecule is C=C(C)CC.CC.CC(=O)N1CCC(=C2c3ncc(Br)cc3CCc3cc(O)c(N)c(Br)c32)CC1.CSC. The number of rotatable bonds is 1. The Kier molecular flexibility index (Phi) is 15.4. The molecule has 1 aromatic heterocycles. The molecule has 5 nitrogen and oxygen atoms in total. The Labute approximate surface area is 250 Å². The molecule has 1 aromatic carbocycles. The van der Waals surface area contributed by atoms with Crippen LogP contribution in [0.4, 0.5) is 5.69 Å².